The number of benzene rings is 2. The molecule has 3 aromatic heterocycles. The van der Waals surface area contributed by atoms with E-state index in [2.05, 4.69) is 4.98 Å². The fraction of sp³-hybridized carbons (Fsp3) is 0. The molecular formula is C17H10N2O2. The highest BCUT2D eigenvalue weighted by atomic mass is 16.3. The van der Waals surface area contributed by atoms with Gasteiger partial charge < -0.3 is 13.8 Å². The minimum Gasteiger partial charge on any atom is -0.456 e. The number of hydrogen-bond acceptors (Lipinski definition) is 2. The highest BCUT2D eigenvalue weighted by Gasteiger charge is 2.10. The lowest BCUT2D eigenvalue weighted by molar-refractivity contribution is 0.669. The molecule has 3 heterocycles. The lowest BCUT2D eigenvalue weighted by Gasteiger charge is -2.02. The number of H-pyrrole nitrogens is 1. The van der Waals surface area contributed by atoms with Crippen molar-refractivity contribution in [2.75, 3.05) is 0 Å². The topological polar surface area (TPSA) is 50.4 Å². The van der Waals surface area contributed by atoms with Crippen LogP contribution in [-0.4, -0.2) is 9.38 Å². The number of hydrogen-bond donors (Lipinski definition) is 1. The van der Waals surface area contributed by atoms with Gasteiger partial charge in [-0.1, -0.05) is 18.2 Å². The average molecular weight is 274 g/mol. The standard InChI is InChI=1S/C17H10N2O2/c20-17-13-5-3-7-19(13)14-9-16-11(8-12(14)18-17)10-4-1-2-6-15(10)21-16/h1-9H,(H,18,20). The minimum atomic E-state index is -0.0837. The second kappa shape index (κ2) is 3.55. The fourth-order valence-electron chi connectivity index (χ4n) is 3.02. The molecule has 0 radical (unpaired) electrons. The molecule has 1 N–H and O–H groups in total. The summed E-state index contributed by atoms with van der Waals surface area (Å²) in [5.74, 6) is 0. The first-order chi connectivity index (χ1) is 10.3. The molecule has 5 rings (SSSR count). The molecule has 0 atom stereocenters. The van der Waals surface area contributed by atoms with E-state index < -0.39 is 0 Å². The predicted octanol–water partition coefficient (Wildman–Crippen LogP) is 3.68. The van der Waals surface area contributed by atoms with Crippen molar-refractivity contribution in [1.82, 2.24) is 9.38 Å². The lowest BCUT2D eigenvalue weighted by atomic mass is 10.1. The summed E-state index contributed by atoms with van der Waals surface area (Å²) in [4.78, 5) is 15.0. The van der Waals surface area contributed by atoms with Gasteiger partial charge in [-0.3, -0.25) is 4.79 Å². The number of aromatic nitrogens is 2. The Labute approximate surface area is 118 Å². The second-order valence-electron chi connectivity index (χ2n) is 5.18. The van der Waals surface area contributed by atoms with Gasteiger partial charge in [0.2, 0.25) is 0 Å². The Morgan fingerprint density at radius 1 is 0.905 bits per heavy atom. The lowest BCUT2D eigenvalue weighted by Crippen LogP contribution is -2.09. The van der Waals surface area contributed by atoms with E-state index in [0.29, 0.717) is 5.52 Å². The molecule has 0 saturated heterocycles. The van der Waals surface area contributed by atoms with Crippen LogP contribution in [0.1, 0.15) is 0 Å². The van der Waals surface area contributed by atoms with Crippen molar-refractivity contribution in [2.45, 2.75) is 0 Å². The Kier molecular flexibility index (Phi) is 1.81. The van der Waals surface area contributed by atoms with Gasteiger partial charge in [-0.15, -0.1) is 0 Å². The number of furan rings is 1. The normalized spacial score (nSPS) is 12.0. The molecule has 0 aliphatic heterocycles. The predicted molar refractivity (Wildman–Crippen MR) is 82.8 cm³/mol. The number of para-hydroxylation sites is 1. The van der Waals surface area contributed by atoms with Crippen LogP contribution in [0.5, 0.6) is 0 Å². The van der Waals surface area contributed by atoms with E-state index in [-0.39, 0.29) is 5.56 Å². The van der Waals surface area contributed by atoms with Crippen molar-refractivity contribution in [3.63, 3.8) is 0 Å². The first kappa shape index (κ1) is 10.7. The first-order valence-electron chi connectivity index (χ1n) is 6.76. The third kappa shape index (κ3) is 1.31. The molecule has 4 heteroatoms. The zero-order chi connectivity index (χ0) is 14.0. The third-order valence-electron chi connectivity index (χ3n) is 3.98. The molecule has 0 saturated carbocycles. The number of nitrogens with zero attached hydrogens (tertiary/aromatic N) is 1. The van der Waals surface area contributed by atoms with Crippen LogP contribution in [0, 0.1) is 0 Å². The van der Waals surface area contributed by atoms with E-state index >= 15 is 0 Å². The molecular weight excluding hydrogens is 264 g/mol. The van der Waals surface area contributed by atoms with Crippen molar-refractivity contribution < 1.29 is 4.42 Å². The Balaban J connectivity index is 2.09. The van der Waals surface area contributed by atoms with E-state index in [0.717, 1.165) is 33.0 Å². The van der Waals surface area contributed by atoms with Crippen LogP contribution < -0.4 is 5.56 Å². The highest BCUT2D eigenvalue weighted by Crippen LogP contribution is 2.31. The molecule has 0 unspecified atom stereocenters. The van der Waals surface area contributed by atoms with Crippen LogP contribution in [-0.2, 0) is 0 Å². The average Bonchev–Trinajstić information content (AvgIpc) is 3.10. The summed E-state index contributed by atoms with van der Waals surface area (Å²) in [5, 5.41) is 2.07. The van der Waals surface area contributed by atoms with Crippen LogP contribution in [0.4, 0.5) is 0 Å². The maximum absolute atomic E-state index is 12.1. The largest absolute Gasteiger partial charge is 0.456 e. The molecule has 0 aliphatic rings. The second-order valence-corrected chi connectivity index (χ2v) is 5.18. The Morgan fingerprint density at radius 2 is 1.81 bits per heavy atom. The van der Waals surface area contributed by atoms with Gasteiger partial charge in [-0.2, -0.15) is 0 Å². The summed E-state index contributed by atoms with van der Waals surface area (Å²) in [6.07, 6.45) is 1.89. The van der Waals surface area contributed by atoms with E-state index in [9.17, 15) is 4.79 Å². The summed E-state index contributed by atoms with van der Waals surface area (Å²) >= 11 is 0. The van der Waals surface area contributed by atoms with Gasteiger partial charge in [0.15, 0.2) is 0 Å². The molecule has 21 heavy (non-hydrogen) atoms. The molecule has 0 amide bonds. The van der Waals surface area contributed by atoms with Gasteiger partial charge in [0.1, 0.15) is 16.7 Å². The smallest absolute Gasteiger partial charge is 0.272 e. The van der Waals surface area contributed by atoms with Gasteiger partial charge >= 0.3 is 0 Å². The SMILES string of the molecule is O=c1[nH]c2cc3c(cc2n2cccc12)oc1ccccc13. The van der Waals surface area contributed by atoms with E-state index in [1.165, 1.54) is 0 Å². The Morgan fingerprint density at radius 3 is 2.76 bits per heavy atom. The number of aromatic amines is 1. The van der Waals surface area contributed by atoms with Crippen LogP contribution >= 0.6 is 0 Å². The first-order valence-corrected chi connectivity index (χ1v) is 6.76. The zero-order valence-corrected chi connectivity index (χ0v) is 11.0. The number of rotatable bonds is 0. The number of nitrogens with one attached hydrogen (secondary N) is 1. The van der Waals surface area contributed by atoms with Crippen molar-refractivity contribution in [3.8, 4) is 0 Å². The maximum atomic E-state index is 12.1. The fourth-order valence-corrected chi connectivity index (χ4v) is 3.02. The Hall–Kier alpha value is -3.01. The van der Waals surface area contributed by atoms with E-state index in [1.807, 2.05) is 53.1 Å². The third-order valence-corrected chi connectivity index (χ3v) is 3.98. The molecule has 2 aromatic carbocycles. The maximum Gasteiger partial charge on any atom is 0.272 e. The molecule has 4 nitrogen and oxygen atoms in total. The van der Waals surface area contributed by atoms with Crippen molar-refractivity contribution in [1.29, 1.82) is 0 Å². The molecule has 0 aliphatic carbocycles. The number of fused-ring (bicyclic) bond motifs is 6. The highest BCUT2D eigenvalue weighted by molar-refractivity contribution is 6.09. The van der Waals surface area contributed by atoms with E-state index in [1.54, 1.807) is 6.07 Å². The van der Waals surface area contributed by atoms with Crippen molar-refractivity contribution in [2.24, 2.45) is 0 Å². The van der Waals surface area contributed by atoms with Gasteiger partial charge in [-0.25, -0.2) is 0 Å². The monoisotopic (exact) mass is 274 g/mol. The van der Waals surface area contributed by atoms with Gasteiger partial charge in [0, 0.05) is 23.0 Å². The van der Waals surface area contributed by atoms with Crippen LogP contribution in [0.25, 0.3) is 38.5 Å². The summed E-state index contributed by atoms with van der Waals surface area (Å²) in [6, 6.07) is 15.6. The zero-order valence-electron chi connectivity index (χ0n) is 11.0. The molecule has 0 spiro atoms. The van der Waals surface area contributed by atoms with Crippen LogP contribution in [0.2, 0.25) is 0 Å². The summed E-state index contributed by atoms with van der Waals surface area (Å²) in [6.45, 7) is 0. The van der Waals surface area contributed by atoms with Crippen molar-refractivity contribution >= 4 is 38.5 Å². The summed E-state index contributed by atoms with van der Waals surface area (Å²) in [5.41, 5.74) is 3.97. The van der Waals surface area contributed by atoms with Crippen LogP contribution in [0.15, 0.2) is 63.9 Å². The summed E-state index contributed by atoms with van der Waals surface area (Å²) in [7, 11) is 0. The molecule has 5 aromatic rings. The quantitative estimate of drug-likeness (QED) is 0.468. The minimum absolute atomic E-state index is 0.0837. The van der Waals surface area contributed by atoms with E-state index in [4.69, 9.17) is 4.42 Å². The molecule has 100 valence electrons. The summed E-state index contributed by atoms with van der Waals surface area (Å²) < 4.78 is 7.80. The Bertz CT molecular complexity index is 1210. The van der Waals surface area contributed by atoms with Crippen molar-refractivity contribution in [3.05, 3.63) is 65.1 Å². The molecule has 0 fully saturated rings. The van der Waals surface area contributed by atoms with Gasteiger partial charge in [0.25, 0.3) is 5.56 Å². The van der Waals surface area contributed by atoms with Gasteiger partial charge in [-0.05, 0) is 24.3 Å². The molecule has 0 bridgehead atoms. The van der Waals surface area contributed by atoms with Gasteiger partial charge in [0.05, 0.1) is 11.0 Å². The van der Waals surface area contributed by atoms with Crippen LogP contribution in [0.3, 0.4) is 0 Å².